The van der Waals surface area contributed by atoms with Crippen molar-refractivity contribution in [2.24, 2.45) is 0 Å². The SMILES string of the molecule is CCOCCN(C)S(=O)(=O)c1cccc(C(O)CC)c1. The van der Waals surface area contributed by atoms with E-state index in [-0.39, 0.29) is 4.90 Å². The first-order valence-corrected chi connectivity index (χ1v) is 8.19. The zero-order valence-electron chi connectivity index (χ0n) is 12.2. The van der Waals surface area contributed by atoms with Crippen LogP contribution in [0.4, 0.5) is 0 Å². The second kappa shape index (κ2) is 7.73. The standard InChI is InChI=1S/C14H23NO4S/c1-4-14(16)12-7-6-8-13(11-12)20(17,18)15(3)9-10-19-5-2/h6-8,11,14,16H,4-5,9-10H2,1-3H3. The number of aliphatic hydroxyl groups is 1. The molecule has 0 amide bonds. The lowest BCUT2D eigenvalue weighted by Gasteiger charge is -2.18. The molecule has 0 saturated heterocycles. The van der Waals surface area contributed by atoms with Crippen LogP contribution in [0, 0.1) is 0 Å². The average Bonchev–Trinajstić information content (AvgIpc) is 2.46. The molecule has 0 saturated carbocycles. The van der Waals surface area contributed by atoms with E-state index < -0.39 is 16.1 Å². The summed E-state index contributed by atoms with van der Waals surface area (Å²) in [5.74, 6) is 0. The molecule has 20 heavy (non-hydrogen) atoms. The third-order valence-corrected chi connectivity index (χ3v) is 4.95. The Kier molecular flexibility index (Phi) is 6.61. The molecule has 1 unspecified atom stereocenters. The van der Waals surface area contributed by atoms with Gasteiger partial charge in [-0.2, -0.15) is 4.31 Å². The number of sulfonamides is 1. The van der Waals surface area contributed by atoms with E-state index >= 15 is 0 Å². The molecule has 0 bridgehead atoms. The van der Waals surface area contributed by atoms with Crippen LogP contribution in [-0.2, 0) is 14.8 Å². The molecule has 1 aromatic carbocycles. The molecule has 6 heteroatoms. The molecule has 5 nitrogen and oxygen atoms in total. The lowest BCUT2D eigenvalue weighted by Crippen LogP contribution is -2.30. The van der Waals surface area contributed by atoms with Crippen molar-refractivity contribution in [3.05, 3.63) is 29.8 Å². The molecule has 0 fully saturated rings. The lowest BCUT2D eigenvalue weighted by molar-refractivity contribution is 0.138. The van der Waals surface area contributed by atoms with Crippen molar-refractivity contribution >= 4 is 10.0 Å². The average molecular weight is 301 g/mol. The van der Waals surface area contributed by atoms with Crippen LogP contribution in [0.1, 0.15) is 31.9 Å². The van der Waals surface area contributed by atoms with Crippen molar-refractivity contribution in [2.75, 3.05) is 26.8 Å². The lowest BCUT2D eigenvalue weighted by atomic mass is 10.1. The normalized spacial score (nSPS) is 13.7. The quantitative estimate of drug-likeness (QED) is 0.743. The van der Waals surface area contributed by atoms with E-state index in [9.17, 15) is 13.5 Å². The summed E-state index contributed by atoms with van der Waals surface area (Å²) in [4.78, 5) is 0.196. The molecule has 0 aliphatic carbocycles. The molecule has 1 atom stereocenters. The van der Waals surface area contributed by atoms with Gasteiger partial charge in [0.1, 0.15) is 0 Å². The zero-order chi connectivity index (χ0) is 15.2. The van der Waals surface area contributed by atoms with Gasteiger partial charge in [-0.15, -0.1) is 0 Å². The van der Waals surface area contributed by atoms with Crippen LogP contribution in [0.2, 0.25) is 0 Å². The van der Waals surface area contributed by atoms with Gasteiger partial charge >= 0.3 is 0 Å². The Morgan fingerprint density at radius 3 is 2.65 bits per heavy atom. The number of likely N-dealkylation sites (N-methyl/N-ethyl adjacent to an activating group) is 1. The molecule has 114 valence electrons. The summed E-state index contributed by atoms with van der Waals surface area (Å²) in [6.45, 7) is 4.94. The highest BCUT2D eigenvalue weighted by Gasteiger charge is 2.21. The Hall–Kier alpha value is -0.950. The molecule has 1 aromatic rings. The summed E-state index contributed by atoms with van der Waals surface area (Å²) in [6.07, 6.45) is -0.0946. The van der Waals surface area contributed by atoms with Crippen LogP contribution in [-0.4, -0.2) is 44.6 Å². The van der Waals surface area contributed by atoms with Gasteiger partial charge in [0.05, 0.1) is 17.6 Å². The Morgan fingerprint density at radius 2 is 2.05 bits per heavy atom. The highest BCUT2D eigenvalue weighted by Crippen LogP contribution is 2.21. The zero-order valence-corrected chi connectivity index (χ0v) is 13.1. The van der Waals surface area contributed by atoms with Crippen molar-refractivity contribution in [2.45, 2.75) is 31.3 Å². The molecule has 0 heterocycles. The van der Waals surface area contributed by atoms with Crippen molar-refractivity contribution < 1.29 is 18.3 Å². The van der Waals surface area contributed by atoms with Crippen LogP contribution in [0.5, 0.6) is 0 Å². The van der Waals surface area contributed by atoms with Gasteiger partial charge in [-0.05, 0) is 31.0 Å². The van der Waals surface area contributed by atoms with Gasteiger partial charge < -0.3 is 9.84 Å². The molecule has 1 N–H and O–H groups in total. The topological polar surface area (TPSA) is 66.8 Å². The van der Waals surface area contributed by atoms with E-state index in [4.69, 9.17) is 4.74 Å². The summed E-state index contributed by atoms with van der Waals surface area (Å²) in [5, 5.41) is 9.80. The Bertz CT molecular complexity index is 516. The molecular weight excluding hydrogens is 278 g/mol. The van der Waals surface area contributed by atoms with E-state index in [1.54, 1.807) is 18.2 Å². The van der Waals surface area contributed by atoms with E-state index in [0.717, 1.165) is 0 Å². The predicted molar refractivity (Wildman–Crippen MR) is 78.0 cm³/mol. The van der Waals surface area contributed by atoms with Crippen LogP contribution in [0.15, 0.2) is 29.2 Å². The number of benzene rings is 1. The second-order valence-corrected chi connectivity index (χ2v) is 6.56. The van der Waals surface area contributed by atoms with E-state index in [0.29, 0.717) is 31.7 Å². The maximum absolute atomic E-state index is 12.4. The third-order valence-electron chi connectivity index (χ3n) is 3.09. The maximum atomic E-state index is 12.4. The van der Waals surface area contributed by atoms with Crippen molar-refractivity contribution in [1.29, 1.82) is 0 Å². The Labute approximate surface area is 121 Å². The predicted octanol–water partition coefficient (Wildman–Crippen LogP) is 1.79. The minimum absolute atomic E-state index is 0.196. The largest absolute Gasteiger partial charge is 0.388 e. The minimum atomic E-state index is -3.54. The smallest absolute Gasteiger partial charge is 0.242 e. The van der Waals surface area contributed by atoms with Gasteiger partial charge in [0.15, 0.2) is 0 Å². The van der Waals surface area contributed by atoms with E-state index in [1.807, 2.05) is 13.8 Å². The highest BCUT2D eigenvalue weighted by molar-refractivity contribution is 7.89. The number of nitrogens with zero attached hydrogens (tertiary/aromatic N) is 1. The van der Waals surface area contributed by atoms with E-state index in [1.165, 1.54) is 17.4 Å². The Balaban J connectivity index is 2.91. The summed E-state index contributed by atoms with van der Waals surface area (Å²) in [6, 6.07) is 6.45. The molecule has 0 spiro atoms. The number of aliphatic hydroxyl groups excluding tert-OH is 1. The first kappa shape index (κ1) is 17.1. The van der Waals surface area contributed by atoms with Crippen molar-refractivity contribution in [3.63, 3.8) is 0 Å². The summed E-state index contributed by atoms with van der Waals surface area (Å²) >= 11 is 0. The molecule has 1 rings (SSSR count). The fraction of sp³-hybridized carbons (Fsp3) is 0.571. The van der Waals surface area contributed by atoms with Crippen LogP contribution >= 0.6 is 0 Å². The van der Waals surface area contributed by atoms with Crippen LogP contribution in [0.3, 0.4) is 0 Å². The minimum Gasteiger partial charge on any atom is -0.388 e. The summed E-state index contributed by atoms with van der Waals surface area (Å²) in [5.41, 5.74) is 0.617. The van der Waals surface area contributed by atoms with Gasteiger partial charge in [-0.25, -0.2) is 8.42 Å². The summed E-state index contributed by atoms with van der Waals surface area (Å²) < 4.78 is 31.2. The second-order valence-electron chi connectivity index (χ2n) is 4.52. The number of hydrogen-bond acceptors (Lipinski definition) is 4. The molecule has 0 aromatic heterocycles. The monoisotopic (exact) mass is 301 g/mol. The fourth-order valence-corrected chi connectivity index (χ4v) is 2.97. The molecule has 0 aliphatic rings. The van der Waals surface area contributed by atoms with Crippen molar-refractivity contribution in [3.8, 4) is 0 Å². The fourth-order valence-electron chi connectivity index (χ4n) is 1.76. The molecular formula is C14H23NO4S. The summed E-state index contributed by atoms with van der Waals surface area (Å²) in [7, 11) is -2.02. The van der Waals surface area contributed by atoms with Gasteiger partial charge in [-0.3, -0.25) is 0 Å². The van der Waals surface area contributed by atoms with E-state index in [2.05, 4.69) is 0 Å². The van der Waals surface area contributed by atoms with Gasteiger partial charge in [0, 0.05) is 20.2 Å². The molecule has 0 aliphatic heterocycles. The number of ether oxygens (including phenoxy) is 1. The highest BCUT2D eigenvalue weighted by atomic mass is 32.2. The number of hydrogen-bond donors (Lipinski definition) is 1. The van der Waals surface area contributed by atoms with Crippen molar-refractivity contribution in [1.82, 2.24) is 4.31 Å². The van der Waals surface area contributed by atoms with Gasteiger partial charge in [0.2, 0.25) is 10.0 Å². The van der Waals surface area contributed by atoms with Gasteiger partial charge in [-0.1, -0.05) is 19.1 Å². The maximum Gasteiger partial charge on any atom is 0.242 e. The van der Waals surface area contributed by atoms with Crippen LogP contribution in [0.25, 0.3) is 0 Å². The first-order chi connectivity index (χ1) is 9.43. The Morgan fingerprint density at radius 1 is 1.35 bits per heavy atom. The number of rotatable bonds is 8. The van der Waals surface area contributed by atoms with Gasteiger partial charge in [0.25, 0.3) is 0 Å². The third kappa shape index (κ3) is 4.28. The molecule has 0 radical (unpaired) electrons. The first-order valence-electron chi connectivity index (χ1n) is 6.75. The van der Waals surface area contributed by atoms with Crippen LogP contribution < -0.4 is 0 Å².